The quantitative estimate of drug-likeness (QED) is 0.358. The first-order valence-corrected chi connectivity index (χ1v) is 11.1. The Labute approximate surface area is 189 Å². The Balaban J connectivity index is 1.65. The Morgan fingerprint density at radius 1 is 0.879 bits per heavy atom. The van der Waals surface area contributed by atoms with Crippen LogP contribution in [0.1, 0.15) is 31.8 Å². The molecular formula is C22H20N4O6S. The summed E-state index contributed by atoms with van der Waals surface area (Å²) in [4.78, 5) is 34.9. The Bertz CT molecular complexity index is 1310. The highest BCUT2D eigenvalue weighted by Gasteiger charge is 2.18. The normalized spacial score (nSPS) is 10.9. The maximum absolute atomic E-state index is 12.6. The van der Waals surface area contributed by atoms with Crippen LogP contribution in [-0.2, 0) is 16.6 Å². The monoisotopic (exact) mass is 468 g/mol. The summed E-state index contributed by atoms with van der Waals surface area (Å²) >= 11 is 0. The summed E-state index contributed by atoms with van der Waals surface area (Å²) < 4.78 is 27.6. The lowest BCUT2D eigenvalue weighted by molar-refractivity contribution is -0.385. The van der Waals surface area contributed by atoms with E-state index in [-0.39, 0.29) is 28.3 Å². The molecule has 0 spiro atoms. The fourth-order valence-electron chi connectivity index (χ4n) is 2.92. The highest BCUT2D eigenvalue weighted by molar-refractivity contribution is 7.89. The van der Waals surface area contributed by atoms with Crippen LogP contribution < -0.4 is 15.6 Å². The number of rotatable bonds is 7. The number of carbonyl (C=O) groups excluding carboxylic acids is 2. The van der Waals surface area contributed by atoms with E-state index >= 15 is 0 Å². The van der Waals surface area contributed by atoms with Gasteiger partial charge in [0, 0.05) is 29.3 Å². The van der Waals surface area contributed by atoms with Gasteiger partial charge in [0.15, 0.2) is 0 Å². The van der Waals surface area contributed by atoms with E-state index in [0.717, 1.165) is 5.56 Å². The van der Waals surface area contributed by atoms with Gasteiger partial charge in [-0.3, -0.25) is 30.6 Å². The lowest BCUT2D eigenvalue weighted by Crippen LogP contribution is -2.41. The second kappa shape index (κ2) is 10.0. The fraction of sp³-hybridized carbons (Fsp3) is 0.0909. The van der Waals surface area contributed by atoms with Gasteiger partial charge in [0.05, 0.1) is 9.82 Å². The Morgan fingerprint density at radius 3 is 2.12 bits per heavy atom. The van der Waals surface area contributed by atoms with Crippen molar-refractivity contribution in [1.82, 2.24) is 15.6 Å². The van der Waals surface area contributed by atoms with Gasteiger partial charge in [-0.05, 0) is 42.8 Å². The van der Waals surface area contributed by atoms with E-state index in [9.17, 15) is 28.1 Å². The van der Waals surface area contributed by atoms with Crippen molar-refractivity contribution in [2.75, 3.05) is 0 Å². The van der Waals surface area contributed by atoms with Crippen molar-refractivity contribution >= 4 is 27.5 Å². The van der Waals surface area contributed by atoms with Crippen LogP contribution in [0.2, 0.25) is 0 Å². The summed E-state index contributed by atoms with van der Waals surface area (Å²) in [7, 11) is -3.88. The predicted molar refractivity (Wildman–Crippen MR) is 120 cm³/mol. The molecule has 33 heavy (non-hydrogen) atoms. The smallest absolute Gasteiger partial charge is 0.267 e. The Morgan fingerprint density at radius 2 is 1.52 bits per heavy atom. The molecule has 0 saturated carbocycles. The van der Waals surface area contributed by atoms with Crippen LogP contribution >= 0.6 is 0 Å². The number of aryl methyl sites for hydroxylation is 1. The molecule has 0 atom stereocenters. The van der Waals surface area contributed by atoms with Crippen molar-refractivity contribution in [3.05, 3.63) is 105 Å². The first-order valence-electron chi connectivity index (χ1n) is 9.67. The maximum Gasteiger partial charge on any atom is 0.272 e. The summed E-state index contributed by atoms with van der Waals surface area (Å²) in [5.41, 5.74) is 5.47. The molecule has 0 fully saturated rings. The van der Waals surface area contributed by atoms with E-state index < -0.39 is 26.8 Å². The zero-order chi connectivity index (χ0) is 24.0. The van der Waals surface area contributed by atoms with Gasteiger partial charge in [-0.2, -0.15) is 0 Å². The second-order valence-electron chi connectivity index (χ2n) is 7.00. The number of hydrazine groups is 1. The third-order valence-corrected chi connectivity index (χ3v) is 6.06. The van der Waals surface area contributed by atoms with Gasteiger partial charge in [0.2, 0.25) is 10.0 Å². The van der Waals surface area contributed by atoms with Crippen molar-refractivity contribution < 1.29 is 22.9 Å². The molecule has 0 saturated heterocycles. The number of nitrogens with zero attached hydrogens (tertiary/aromatic N) is 1. The highest BCUT2D eigenvalue weighted by Crippen LogP contribution is 2.18. The number of nitro groups is 1. The fourth-order valence-corrected chi connectivity index (χ4v) is 3.98. The molecule has 170 valence electrons. The van der Waals surface area contributed by atoms with E-state index in [1.807, 2.05) is 6.07 Å². The molecule has 0 radical (unpaired) electrons. The van der Waals surface area contributed by atoms with Crippen LogP contribution in [0, 0.1) is 17.0 Å². The van der Waals surface area contributed by atoms with Crippen LogP contribution in [0.15, 0.2) is 77.7 Å². The largest absolute Gasteiger partial charge is 0.272 e. The lowest BCUT2D eigenvalue weighted by atomic mass is 10.1. The van der Waals surface area contributed by atoms with Gasteiger partial charge >= 0.3 is 0 Å². The van der Waals surface area contributed by atoms with Crippen LogP contribution in [0.3, 0.4) is 0 Å². The van der Waals surface area contributed by atoms with Crippen LogP contribution in [0.4, 0.5) is 5.69 Å². The van der Waals surface area contributed by atoms with Crippen molar-refractivity contribution in [3.8, 4) is 0 Å². The minimum Gasteiger partial charge on any atom is -0.267 e. The van der Waals surface area contributed by atoms with Crippen LogP contribution in [0.25, 0.3) is 0 Å². The van der Waals surface area contributed by atoms with Gasteiger partial charge in [-0.25, -0.2) is 13.1 Å². The standard InChI is InChI=1S/C22H20N4O6S/c1-15-12-18(10-11-20(15)26(29)30)22(28)25-24-21(27)17-8-5-9-19(13-17)33(31,32)23-14-16-6-3-2-4-7-16/h2-13,23H,14H2,1H3,(H,24,27)(H,25,28). The molecule has 2 amide bonds. The second-order valence-corrected chi connectivity index (χ2v) is 8.77. The molecule has 3 aromatic rings. The van der Waals surface area contributed by atoms with Crippen molar-refractivity contribution in [2.45, 2.75) is 18.4 Å². The molecule has 0 aromatic heterocycles. The molecule has 0 aliphatic heterocycles. The number of sulfonamides is 1. The molecule has 0 bridgehead atoms. The van der Waals surface area contributed by atoms with Gasteiger partial charge in [0.1, 0.15) is 0 Å². The minimum atomic E-state index is -3.88. The van der Waals surface area contributed by atoms with Crippen molar-refractivity contribution in [2.24, 2.45) is 0 Å². The first-order chi connectivity index (χ1) is 15.7. The molecule has 11 heteroatoms. The highest BCUT2D eigenvalue weighted by atomic mass is 32.2. The molecule has 10 nitrogen and oxygen atoms in total. The molecule has 3 N–H and O–H groups in total. The first kappa shape index (κ1) is 23.6. The number of nitro benzene ring substituents is 1. The summed E-state index contributed by atoms with van der Waals surface area (Å²) in [6, 6.07) is 18.1. The molecule has 0 heterocycles. The molecule has 0 unspecified atom stereocenters. The number of carbonyl (C=O) groups is 2. The summed E-state index contributed by atoms with van der Waals surface area (Å²) in [6.45, 7) is 1.58. The third-order valence-electron chi connectivity index (χ3n) is 4.66. The third kappa shape index (κ3) is 5.99. The van der Waals surface area contributed by atoms with E-state index in [0.29, 0.717) is 5.56 Å². The molecule has 3 aromatic carbocycles. The molecule has 0 aliphatic carbocycles. The zero-order valence-corrected chi connectivity index (χ0v) is 18.3. The summed E-state index contributed by atoms with van der Waals surface area (Å²) in [6.07, 6.45) is 0. The summed E-state index contributed by atoms with van der Waals surface area (Å²) in [5.74, 6) is -1.42. The maximum atomic E-state index is 12.6. The number of nitrogens with one attached hydrogen (secondary N) is 3. The van der Waals surface area contributed by atoms with Gasteiger partial charge < -0.3 is 0 Å². The number of benzene rings is 3. The van der Waals surface area contributed by atoms with Gasteiger partial charge in [0.25, 0.3) is 17.5 Å². The number of hydrogen-bond acceptors (Lipinski definition) is 6. The van der Waals surface area contributed by atoms with Crippen LogP contribution in [0.5, 0.6) is 0 Å². The van der Waals surface area contributed by atoms with Crippen molar-refractivity contribution in [1.29, 1.82) is 0 Å². The summed E-state index contributed by atoms with van der Waals surface area (Å²) in [5, 5.41) is 10.9. The average Bonchev–Trinajstić information content (AvgIpc) is 2.81. The van der Waals surface area contributed by atoms with Gasteiger partial charge in [-0.15, -0.1) is 0 Å². The number of amides is 2. The van der Waals surface area contributed by atoms with Gasteiger partial charge in [-0.1, -0.05) is 36.4 Å². The topological polar surface area (TPSA) is 148 Å². The number of hydrogen-bond donors (Lipinski definition) is 3. The van der Waals surface area contributed by atoms with E-state index in [1.165, 1.54) is 49.4 Å². The van der Waals surface area contributed by atoms with E-state index in [1.54, 1.807) is 24.3 Å². The molecule has 3 rings (SSSR count). The molecular weight excluding hydrogens is 448 g/mol. The minimum absolute atomic E-state index is 0.0118. The lowest BCUT2D eigenvalue weighted by Gasteiger charge is -2.10. The van der Waals surface area contributed by atoms with E-state index in [2.05, 4.69) is 15.6 Å². The van der Waals surface area contributed by atoms with E-state index in [4.69, 9.17) is 0 Å². The Kier molecular flexibility index (Phi) is 7.16. The molecule has 0 aliphatic rings. The Hall–Kier alpha value is -4.09. The van der Waals surface area contributed by atoms with Crippen molar-refractivity contribution in [3.63, 3.8) is 0 Å². The average molecular weight is 468 g/mol. The zero-order valence-electron chi connectivity index (χ0n) is 17.4. The predicted octanol–water partition coefficient (Wildman–Crippen LogP) is 2.46. The SMILES string of the molecule is Cc1cc(C(=O)NNC(=O)c2cccc(S(=O)(=O)NCc3ccccc3)c2)ccc1[N+](=O)[O-]. The van der Waals surface area contributed by atoms with Crippen LogP contribution in [-0.4, -0.2) is 25.2 Å².